The molecule has 0 aromatic heterocycles. The zero-order valence-electron chi connectivity index (χ0n) is 9.39. The lowest BCUT2D eigenvalue weighted by Gasteiger charge is -2.11. The second-order valence-corrected chi connectivity index (χ2v) is 3.77. The second kappa shape index (κ2) is 5.30. The zero-order valence-corrected chi connectivity index (χ0v) is 9.39. The fraction of sp³-hybridized carbons (Fsp3) is 0.500. The molecule has 1 aromatic rings. The van der Waals surface area contributed by atoms with Gasteiger partial charge in [0.15, 0.2) is 6.29 Å². The van der Waals surface area contributed by atoms with E-state index in [1.54, 1.807) is 7.11 Å². The number of hydrogen-bond acceptors (Lipinski definition) is 4. The van der Waals surface area contributed by atoms with Crippen molar-refractivity contribution in [3.63, 3.8) is 0 Å². The third-order valence-electron chi connectivity index (χ3n) is 2.63. The van der Waals surface area contributed by atoms with Crippen molar-refractivity contribution in [1.29, 1.82) is 0 Å². The summed E-state index contributed by atoms with van der Waals surface area (Å²) in [6.45, 7) is 1.25. The lowest BCUT2D eigenvalue weighted by molar-refractivity contribution is -0.0607. The van der Waals surface area contributed by atoms with E-state index >= 15 is 0 Å². The van der Waals surface area contributed by atoms with Gasteiger partial charge in [0.2, 0.25) is 0 Å². The van der Waals surface area contributed by atoms with Gasteiger partial charge in [-0.2, -0.15) is 0 Å². The Bertz CT molecular complexity index is 326. The van der Waals surface area contributed by atoms with E-state index in [2.05, 4.69) is 0 Å². The molecule has 1 saturated heterocycles. The molecule has 0 spiro atoms. The van der Waals surface area contributed by atoms with E-state index in [4.69, 9.17) is 19.9 Å². The smallest absolute Gasteiger partial charge is 0.184 e. The normalized spacial score (nSPS) is 24.6. The van der Waals surface area contributed by atoms with Crippen LogP contribution in [0.4, 0.5) is 0 Å². The monoisotopic (exact) mass is 223 g/mol. The van der Waals surface area contributed by atoms with Gasteiger partial charge in [0.05, 0.1) is 19.8 Å². The van der Waals surface area contributed by atoms with Crippen molar-refractivity contribution in [2.75, 3.05) is 20.3 Å². The van der Waals surface area contributed by atoms with Gasteiger partial charge in [0.1, 0.15) is 5.75 Å². The number of ether oxygens (including phenoxy) is 3. The SMILES string of the molecule is COc1ccc(C2OCC(CCN)O2)cc1. The fourth-order valence-corrected chi connectivity index (χ4v) is 1.72. The molecule has 2 atom stereocenters. The molecule has 2 N–H and O–H groups in total. The van der Waals surface area contributed by atoms with Crippen LogP contribution in [0.15, 0.2) is 24.3 Å². The number of hydrogen-bond donors (Lipinski definition) is 1. The predicted octanol–water partition coefficient (Wildman–Crippen LogP) is 1.46. The Kier molecular flexibility index (Phi) is 3.77. The van der Waals surface area contributed by atoms with Crippen LogP contribution in [0.2, 0.25) is 0 Å². The molecule has 2 unspecified atom stereocenters. The van der Waals surface area contributed by atoms with Crippen molar-refractivity contribution >= 4 is 0 Å². The van der Waals surface area contributed by atoms with Gasteiger partial charge in [-0.25, -0.2) is 0 Å². The minimum atomic E-state index is -0.262. The van der Waals surface area contributed by atoms with E-state index < -0.39 is 0 Å². The molecule has 1 fully saturated rings. The molecule has 0 aliphatic carbocycles. The number of rotatable bonds is 4. The second-order valence-electron chi connectivity index (χ2n) is 3.77. The molecule has 1 aliphatic heterocycles. The largest absolute Gasteiger partial charge is 0.497 e. The Morgan fingerprint density at radius 1 is 1.38 bits per heavy atom. The highest BCUT2D eigenvalue weighted by Gasteiger charge is 2.26. The molecular formula is C12H17NO3. The molecule has 1 heterocycles. The molecule has 88 valence electrons. The summed E-state index contributed by atoms with van der Waals surface area (Å²) in [5.74, 6) is 0.834. The number of methoxy groups -OCH3 is 1. The van der Waals surface area contributed by atoms with Gasteiger partial charge in [-0.1, -0.05) is 12.1 Å². The van der Waals surface area contributed by atoms with Gasteiger partial charge < -0.3 is 19.9 Å². The topological polar surface area (TPSA) is 53.7 Å². The molecule has 4 heteroatoms. The lowest BCUT2D eigenvalue weighted by atomic mass is 10.2. The quantitative estimate of drug-likeness (QED) is 0.839. The van der Waals surface area contributed by atoms with Gasteiger partial charge in [0.25, 0.3) is 0 Å². The average molecular weight is 223 g/mol. The Morgan fingerprint density at radius 2 is 2.12 bits per heavy atom. The fourth-order valence-electron chi connectivity index (χ4n) is 1.72. The molecule has 0 amide bonds. The van der Waals surface area contributed by atoms with Gasteiger partial charge in [-0.05, 0) is 25.1 Å². The highest BCUT2D eigenvalue weighted by Crippen LogP contribution is 2.28. The summed E-state index contributed by atoms with van der Waals surface area (Å²) < 4.78 is 16.4. The van der Waals surface area contributed by atoms with Crippen molar-refractivity contribution in [1.82, 2.24) is 0 Å². The molecule has 0 saturated carbocycles. The minimum absolute atomic E-state index is 0.122. The van der Waals surface area contributed by atoms with Crippen LogP contribution in [0.25, 0.3) is 0 Å². The van der Waals surface area contributed by atoms with Crippen molar-refractivity contribution < 1.29 is 14.2 Å². The van der Waals surface area contributed by atoms with E-state index in [-0.39, 0.29) is 12.4 Å². The molecule has 1 aromatic carbocycles. The van der Waals surface area contributed by atoms with Crippen LogP contribution in [0.5, 0.6) is 5.75 Å². The van der Waals surface area contributed by atoms with Crippen LogP contribution in [-0.2, 0) is 9.47 Å². The van der Waals surface area contributed by atoms with Crippen molar-refractivity contribution in [2.45, 2.75) is 18.8 Å². The summed E-state index contributed by atoms with van der Waals surface area (Å²) in [6.07, 6.45) is 0.701. The Hall–Kier alpha value is -1.10. The van der Waals surface area contributed by atoms with Crippen LogP contribution in [-0.4, -0.2) is 26.4 Å². The summed E-state index contributed by atoms with van der Waals surface area (Å²) >= 11 is 0. The van der Waals surface area contributed by atoms with E-state index in [0.29, 0.717) is 13.2 Å². The van der Waals surface area contributed by atoms with Gasteiger partial charge >= 0.3 is 0 Å². The van der Waals surface area contributed by atoms with E-state index in [1.807, 2.05) is 24.3 Å². The van der Waals surface area contributed by atoms with Gasteiger partial charge in [-0.15, -0.1) is 0 Å². The van der Waals surface area contributed by atoms with Crippen LogP contribution < -0.4 is 10.5 Å². The third kappa shape index (κ3) is 2.52. The maximum absolute atomic E-state index is 5.72. The maximum Gasteiger partial charge on any atom is 0.184 e. The summed E-state index contributed by atoms with van der Waals surface area (Å²) in [4.78, 5) is 0. The zero-order chi connectivity index (χ0) is 11.4. The summed E-state index contributed by atoms with van der Waals surface area (Å²) in [5.41, 5.74) is 6.49. The highest BCUT2D eigenvalue weighted by atomic mass is 16.7. The molecule has 0 bridgehead atoms. The van der Waals surface area contributed by atoms with Crippen molar-refractivity contribution in [3.05, 3.63) is 29.8 Å². The number of nitrogens with two attached hydrogens (primary N) is 1. The average Bonchev–Trinajstić information content (AvgIpc) is 2.78. The Morgan fingerprint density at radius 3 is 2.75 bits per heavy atom. The first-order valence-corrected chi connectivity index (χ1v) is 5.44. The third-order valence-corrected chi connectivity index (χ3v) is 2.63. The van der Waals surface area contributed by atoms with Crippen LogP contribution >= 0.6 is 0 Å². The van der Waals surface area contributed by atoms with E-state index in [0.717, 1.165) is 17.7 Å². The Balaban J connectivity index is 1.97. The van der Waals surface area contributed by atoms with E-state index in [9.17, 15) is 0 Å². The van der Waals surface area contributed by atoms with Crippen LogP contribution in [0, 0.1) is 0 Å². The first-order valence-electron chi connectivity index (χ1n) is 5.44. The summed E-state index contributed by atoms with van der Waals surface area (Å²) in [7, 11) is 1.65. The standard InChI is InChI=1S/C12H17NO3/c1-14-10-4-2-9(3-5-10)12-15-8-11(16-12)6-7-13/h2-5,11-12H,6-8,13H2,1H3. The lowest BCUT2D eigenvalue weighted by Crippen LogP contribution is -2.15. The first-order chi connectivity index (χ1) is 7.83. The van der Waals surface area contributed by atoms with E-state index in [1.165, 1.54) is 0 Å². The molecule has 1 aliphatic rings. The summed E-state index contributed by atoms with van der Waals surface area (Å²) in [6, 6.07) is 7.71. The van der Waals surface area contributed by atoms with Crippen molar-refractivity contribution in [2.24, 2.45) is 5.73 Å². The first kappa shape index (κ1) is 11.4. The van der Waals surface area contributed by atoms with Gasteiger partial charge in [-0.3, -0.25) is 0 Å². The minimum Gasteiger partial charge on any atom is -0.497 e. The predicted molar refractivity (Wildman–Crippen MR) is 60.2 cm³/mol. The molecule has 4 nitrogen and oxygen atoms in total. The molecule has 16 heavy (non-hydrogen) atoms. The number of benzene rings is 1. The van der Waals surface area contributed by atoms with Crippen molar-refractivity contribution in [3.8, 4) is 5.75 Å². The molecule has 0 radical (unpaired) electrons. The van der Waals surface area contributed by atoms with Crippen LogP contribution in [0.3, 0.4) is 0 Å². The highest BCUT2D eigenvalue weighted by molar-refractivity contribution is 5.28. The van der Waals surface area contributed by atoms with Crippen LogP contribution in [0.1, 0.15) is 18.3 Å². The Labute approximate surface area is 95.3 Å². The molecule has 2 rings (SSSR count). The summed E-state index contributed by atoms with van der Waals surface area (Å²) in [5, 5.41) is 0. The maximum atomic E-state index is 5.72. The molecular weight excluding hydrogens is 206 g/mol. The van der Waals surface area contributed by atoms with Gasteiger partial charge in [0, 0.05) is 5.56 Å².